The zero-order valence-corrected chi connectivity index (χ0v) is 11.8. The molecule has 1 aliphatic rings. The highest BCUT2D eigenvalue weighted by Crippen LogP contribution is 2.12. The predicted molar refractivity (Wildman–Crippen MR) is 67.3 cm³/mol. The third-order valence-corrected chi connectivity index (χ3v) is 4.46. The molecule has 106 valence electrons. The van der Waals surface area contributed by atoms with Crippen molar-refractivity contribution in [2.24, 2.45) is 0 Å². The maximum Gasteiger partial charge on any atom is 0.421 e. The normalized spacial score (nSPS) is 20.4. The molecule has 1 unspecified atom stereocenters. The van der Waals surface area contributed by atoms with Crippen molar-refractivity contribution < 1.29 is 17.9 Å². The Morgan fingerprint density at radius 1 is 1.56 bits per heavy atom. The van der Waals surface area contributed by atoms with E-state index in [1.54, 1.807) is 13.8 Å². The van der Waals surface area contributed by atoms with E-state index in [2.05, 4.69) is 10.1 Å². The molecule has 1 fully saturated rings. The standard InChI is InChI=1S/C10H21N3O4S/c1-8(2)13(7-9-5-4-6-11-9)18(15,16)12-10(14)17-3/h8-9,11H,4-7H2,1-3H3,(H,12,14). The second-order valence-corrected chi connectivity index (χ2v) is 6.18. The van der Waals surface area contributed by atoms with Crippen LogP contribution < -0.4 is 10.0 Å². The predicted octanol–water partition coefficient (Wildman–Crippen LogP) is 0.0496. The van der Waals surface area contributed by atoms with Crippen LogP contribution in [0, 0.1) is 0 Å². The number of hydrogen-bond acceptors (Lipinski definition) is 5. The van der Waals surface area contributed by atoms with Gasteiger partial charge in [-0.25, -0.2) is 9.52 Å². The van der Waals surface area contributed by atoms with E-state index in [1.165, 1.54) is 4.31 Å². The molecule has 7 nitrogen and oxygen atoms in total. The number of carbonyl (C=O) groups is 1. The Labute approximate surface area is 108 Å². The summed E-state index contributed by atoms with van der Waals surface area (Å²) in [5, 5.41) is 3.23. The lowest BCUT2D eigenvalue weighted by atomic mass is 10.2. The first-order valence-electron chi connectivity index (χ1n) is 5.97. The Morgan fingerprint density at radius 2 is 2.22 bits per heavy atom. The van der Waals surface area contributed by atoms with Crippen molar-refractivity contribution >= 4 is 16.3 Å². The second kappa shape index (κ2) is 6.35. The first kappa shape index (κ1) is 15.2. The van der Waals surface area contributed by atoms with Gasteiger partial charge in [0.1, 0.15) is 0 Å². The number of nitrogens with zero attached hydrogens (tertiary/aromatic N) is 1. The second-order valence-electron chi connectivity index (χ2n) is 4.56. The molecule has 0 bridgehead atoms. The minimum Gasteiger partial charge on any atom is -0.452 e. The molecule has 0 radical (unpaired) electrons. The van der Waals surface area contributed by atoms with E-state index in [9.17, 15) is 13.2 Å². The molecule has 0 aromatic rings. The molecule has 2 N–H and O–H groups in total. The topological polar surface area (TPSA) is 87.7 Å². The number of rotatable bonds is 5. The van der Waals surface area contributed by atoms with Gasteiger partial charge in [0.15, 0.2) is 0 Å². The summed E-state index contributed by atoms with van der Waals surface area (Å²) in [5.74, 6) is 0. The number of carbonyl (C=O) groups excluding carboxylic acids is 1. The van der Waals surface area contributed by atoms with Gasteiger partial charge in [-0.2, -0.15) is 12.7 Å². The Bertz CT molecular complexity index is 377. The van der Waals surface area contributed by atoms with E-state index in [0.717, 1.165) is 26.5 Å². The quantitative estimate of drug-likeness (QED) is 0.742. The van der Waals surface area contributed by atoms with Crippen LogP contribution in [-0.2, 0) is 14.9 Å². The highest BCUT2D eigenvalue weighted by Gasteiger charge is 2.30. The third kappa shape index (κ3) is 4.11. The zero-order valence-electron chi connectivity index (χ0n) is 11.0. The average Bonchev–Trinajstić information content (AvgIpc) is 2.77. The summed E-state index contributed by atoms with van der Waals surface area (Å²) in [7, 11) is -2.72. The maximum absolute atomic E-state index is 12.0. The van der Waals surface area contributed by atoms with Gasteiger partial charge in [-0.3, -0.25) is 0 Å². The molecule has 0 aromatic carbocycles. The number of nitrogens with one attached hydrogen (secondary N) is 2. The molecule has 1 rings (SSSR count). The molecule has 18 heavy (non-hydrogen) atoms. The monoisotopic (exact) mass is 279 g/mol. The Morgan fingerprint density at radius 3 is 2.67 bits per heavy atom. The summed E-state index contributed by atoms with van der Waals surface area (Å²) in [6.07, 6.45) is 1.01. The summed E-state index contributed by atoms with van der Waals surface area (Å²) in [6.45, 7) is 4.79. The summed E-state index contributed by atoms with van der Waals surface area (Å²) >= 11 is 0. The fourth-order valence-electron chi connectivity index (χ4n) is 1.92. The van der Waals surface area contributed by atoms with E-state index in [-0.39, 0.29) is 12.1 Å². The van der Waals surface area contributed by atoms with Gasteiger partial charge in [-0.05, 0) is 33.2 Å². The molecule has 1 heterocycles. The molecular formula is C10H21N3O4S. The molecule has 1 atom stereocenters. The van der Waals surface area contributed by atoms with Crippen molar-refractivity contribution in [2.45, 2.75) is 38.8 Å². The Kier molecular flexibility index (Phi) is 5.36. The fraction of sp³-hybridized carbons (Fsp3) is 0.900. The van der Waals surface area contributed by atoms with Crippen LogP contribution in [0.2, 0.25) is 0 Å². The molecule has 0 saturated carbocycles. The van der Waals surface area contributed by atoms with Crippen LogP contribution in [0.25, 0.3) is 0 Å². The van der Waals surface area contributed by atoms with Crippen LogP contribution in [-0.4, -0.2) is 51.1 Å². The van der Waals surface area contributed by atoms with E-state index in [0.29, 0.717) is 6.54 Å². The summed E-state index contributed by atoms with van der Waals surface area (Å²) in [6, 6.07) is -0.0869. The summed E-state index contributed by atoms with van der Waals surface area (Å²) in [4.78, 5) is 11.0. The minimum absolute atomic E-state index is 0.140. The lowest BCUT2D eigenvalue weighted by Crippen LogP contribution is -2.50. The Hall–Kier alpha value is -0.860. The van der Waals surface area contributed by atoms with Crippen LogP contribution >= 0.6 is 0 Å². The van der Waals surface area contributed by atoms with Crippen molar-refractivity contribution in [3.8, 4) is 0 Å². The van der Waals surface area contributed by atoms with Gasteiger partial charge in [0.05, 0.1) is 7.11 Å². The van der Waals surface area contributed by atoms with Crippen molar-refractivity contribution in [2.75, 3.05) is 20.2 Å². The summed E-state index contributed by atoms with van der Waals surface area (Å²) < 4.78 is 31.5. The average molecular weight is 279 g/mol. The van der Waals surface area contributed by atoms with Crippen molar-refractivity contribution in [3.63, 3.8) is 0 Å². The lowest BCUT2D eigenvalue weighted by molar-refractivity contribution is 0.176. The lowest BCUT2D eigenvalue weighted by Gasteiger charge is -2.28. The molecule has 1 amide bonds. The van der Waals surface area contributed by atoms with Crippen molar-refractivity contribution in [3.05, 3.63) is 0 Å². The highest BCUT2D eigenvalue weighted by molar-refractivity contribution is 7.87. The van der Waals surface area contributed by atoms with Gasteiger partial charge in [-0.15, -0.1) is 0 Å². The van der Waals surface area contributed by atoms with Crippen LogP contribution in [0.4, 0.5) is 4.79 Å². The largest absolute Gasteiger partial charge is 0.452 e. The van der Waals surface area contributed by atoms with Gasteiger partial charge >= 0.3 is 16.3 Å². The molecule has 1 aliphatic heterocycles. The van der Waals surface area contributed by atoms with E-state index >= 15 is 0 Å². The number of ether oxygens (including phenoxy) is 1. The first-order chi connectivity index (χ1) is 8.36. The SMILES string of the molecule is COC(=O)NS(=O)(=O)N(CC1CCCN1)C(C)C. The first-order valence-corrected chi connectivity index (χ1v) is 7.41. The van der Waals surface area contributed by atoms with Gasteiger partial charge in [0.25, 0.3) is 0 Å². The fourth-order valence-corrected chi connectivity index (χ4v) is 3.26. The van der Waals surface area contributed by atoms with E-state index < -0.39 is 16.3 Å². The van der Waals surface area contributed by atoms with Gasteiger partial charge in [0.2, 0.25) is 0 Å². The molecule has 0 aliphatic carbocycles. The maximum atomic E-state index is 12.0. The van der Waals surface area contributed by atoms with Gasteiger partial charge in [-0.1, -0.05) is 0 Å². The molecule has 8 heteroatoms. The number of hydrogen-bond donors (Lipinski definition) is 2. The minimum atomic E-state index is -3.85. The zero-order chi connectivity index (χ0) is 13.8. The van der Waals surface area contributed by atoms with Crippen LogP contribution in [0.15, 0.2) is 0 Å². The molecule has 0 aromatic heterocycles. The highest BCUT2D eigenvalue weighted by atomic mass is 32.2. The van der Waals surface area contributed by atoms with E-state index in [1.807, 2.05) is 4.72 Å². The van der Waals surface area contributed by atoms with Crippen molar-refractivity contribution in [1.29, 1.82) is 0 Å². The molecule has 0 spiro atoms. The van der Waals surface area contributed by atoms with Gasteiger partial charge < -0.3 is 10.1 Å². The number of methoxy groups -OCH3 is 1. The molecular weight excluding hydrogens is 258 g/mol. The smallest absolute Gasteiger partial charge is 0.421 e. The Balaban J connectivity index is 2.73. The van der Waals surface area contributed by atoms with Crippen LogP contribution in [0.3, 0.4) is 0 Å². The van der Waals surface area contributed by atoms with Crippen molar-refractivity contribution in [1.82, 2.24) is 14.3 Å². The van der Waals surface area contributed by atoms with Crippen LogP contribution in [0.1, 0.15) is 26.7 Å². The van der Waals surface area contributed by atoms with E-state index in [4.69, 9.17) is 0 Å². The molecule has 1 saturated heterocycles. The van der Waals surface area contributed by atoms with Crippen LogP contribution in [0.5, 0.6) is 0 Å². The number of amides is 1. The summed E-state index contributed by atoms with van der Waals surface area (Å²) in [5.41, 5.74) is 0. The third-order valence-electron chi connectivity index (χ3n) is 2.85. The van der Waals surface area contributed by atoms with Gasteiger partial charge in [0, 0.05) is 18.6 Å².